The van der Waals surface area contributed by atoms with E-state index in [-0.39, 0.29) is 36.0 Å². The van der Waals surface area contributed by atoms with Crippen molar-refractivity contribution >= 4 is 29.4 Å². The van der Waals surface area contributed by atoms with Crippen molar-refractivity contribution in [1.82, 2.24) is 9.80 Å². The highest BCUT2D eigenvalue weighted by Gasteiger charge is 2.40. The second-order valence-electron chi connectivity index (χ2n) is 7.06. The number of nitro groups is 1. The van der Waals surface area contributed by atoms with Crippen LogP contribution in [0.25, 0.3) is 0 Å². The number of hydrogen-bond acceptors (Lipinski definition) is 7. The molecule has 154 valence electrons. The summed E-state index contributed by atoms with van der Waals surface area (Å²) in [5.74, 6) is -2.51. The van der Waals surface area contributed by atoms with E-state index in [9.17, 15) is 29.3 Å². The first kappa shape index (κ1) is 20.4. The van der Waals surface area contributed by atoms with Gasteiger partial charge in [-0.1, -0.05) is 6.07 Å². The van der Waals surface area contributed by atoms with E-state index in [1.165, 1.54) is 12.1 Å². The number of nitro benzene ring substituents is 1. The van der Waals surface area contributed by atoms with Crippen LogP contribution < -0.4 is 0 Å². The molecule has 0 unspecified atom stereocenters. The van der Waals surface area contributed by atoms with Gasteiger partial charge in [0.2, 0.25) is 0 Å². The Hall–Kier alpha value is -3.30. The molecule has 0 N–H and O–H groups in total. The Morgan fingerprint density at radius 1 is 1.24 bits per heavy atom. The summed E-state index contributed by atoms with van der Waals surface area (Å²) in [5, 5.41) is 11.1. The molecule has 3 rings (SSSR count). The molecule has 2 heterocycles. The van der Waals surface area contributed by atoms with Crippen LogP contribution in [0.5, 0.6) is 0 Å². The number of amides is 3. The zero-order chi connectivity index (χ0) is 21.1. The maximum atomic E-state index is 12.4. The summed E-state index contributed by atoms with van der Waals surface area (Å²) < 4.78 is 4.99. The number of hydrogen-bond donors (Lipinski definition) is 0. The smallest absolute Gasteiger partial charge is 0.308 e. The summed E-state index contributed by atoms with van der Waals surface area (Å²) in [6, 6.07) is 3.91. The quantitative estimate of drug-likeness (QED) is 0.305. The number of piperidine rings is 1. The molecule has 0 saturated carbocycles. The van der Waals surface area contributed by atoms with Gasteiger partial charge in [-0.25, -0.2) is 0 Å². The second-order valence-corrected chi connectivity index (χ2v) is 7.06. The molecule has 29 heavy (non-hydrogen) atoms. The zero-order valence-electron chi connectivity index (χ0n) is 16.0. The number of esters is 1. The third kappa shape index (κ3) is 4.10. The van der Waals surface area contributed by atoms with Crippen molar-refractivity contribution in [2.24, 2.45) is 0 Å². The Balaban J connectivity index is 1.55. The Labute approximate surface area is 166 Å². The fourth-order valence-corrected chi connectivity index (χ4v) is 3.64. The van der Waals surface area contributed by atoms with E-state index in [2.05, 4.69) is 0 Å². The third-order valence-corrected chi connectivity index (χ3v) is 5.19. The number of fused-ring (bicyclic) bond motifs is 1. The third-order valence-electron chi connectivity index (χ3n) is 5.19. The van der Waals surface area contributed by atoms with E-state index < -0.39 is 35.0 Å². The first-order valence-electron chi connectivity index (χ1n) is 9.40. The summed E-state index contributed by atoms with van der Waals surface area (Å²) in [6.45, 7) is 1.90. The minimum Gasteiger partial charge on any atom is -0.456 e. The van der Waals surface area contributed by atoms with Crippen LogP contribution in [0.15, 0.2) is 18.2 Å². The molecule has 1 aromatic carbocycles. The van der Waals surface area contributed by atoms with Crippen LogP contribution in [0, 0.1) is 10.1 Å². The van der Waals surface area contributed by atoms with E-state index in [0.717, 1.165) is 30.2 Å². The predicted octanol–water partition coefficient (Wildman–Crippen LogP) is 1.53. The Morgan fingerprint density at radius 3 is 2.69 bits per heavy atom. The molecule has 1 fully saturated rings. The normalized spacial score (nSPS) is 18.6. The van der Waals surface area contributed by atoms with E-state index in [4.69, 9.17) is 4.74 Å². The van der Waals surface area contributed by atoms with Gasteiger partial charge in [0.05, 0.1) is 16.9 Å². The highest BCUT2D eigenvalue weighted by molar-refractivity contribution is 6.23. The van der Waals surface area contributed by atoms with Crippen molar-refractivity contribution < 1.29 is 28.8 Å². The summed E-state index contributed by atoms with van der Waals surface area (Å²) in [4.78, 5) is 61.8. The number of carbonyl (C=O) groups excluding carboxylic acids is 4. The SMILES string of the molecule is C[C@@H]1CCCCN1C(=O)COC(=O)CCN1C(=O)c2cccc([N+](=O)[O-])c2C1=O. The van der Waals surface area contributed by atoms with Crippen molar-refractivity contribution in [2.75, 3.05) is 19.7 Å². The lowest BCUT2D eigenvalue weighted by atomic mass is 10.0. The second kappa shape index (κ2) is 8.38. The molecule has 10 heteroatoms. The first-order valence-corrected chi connectivity index (χ1v) is 9.40. The molecule has 0 aromatic heterocycles. The van der Waals surface area contributed by atoms with Crippen LogP contribution in [0.2, 0.25) is 0 Å². The number of imide groups is 1. The van der Waals surface area contributed by atoms with E-state index >= 15 is 0 Å². The predicted molar refractivity (Wildman–Crippen MR) is 99.1 cm³/mol. The van der Waals surface area contributed by atoms with Crippen LogP contribution in [0.1, 0.15) is 53.3 Å². The largest absolute Gasteiger partial charge is 0.456 e. The monoisotopic (exact) mass is 403 g/mol. The fourth-order valence-electron chi connectivity index (χ4n) is 3.64. The van der Waals surface area contributed by atoms with Gasteiger partial charge in [0.1, 0.15) is 5.56 Å². The maximum Gasteiger partial charge on any atom is 0.308 e. The molecule has 1 aromatic rings. The summed E-state index contributed by atoms with van der Waals surface area (Å²) >= 11 is 0. The van der Waals surface area contributed by atoms with E-state index in [0.29, 0.717) is 6.54 Å². The van der Waals surface area contributed by atoms with Gasteiger partial charge in [-0.05, 0) is 32.3 Å². The number of nitrogens with zero attached hydrogens (tertiary/aromatic N) is 3. The molecule has 1 saturated heterocycles. The van der Waals surface area contributed by atoms with Gasteiger partial charge in [-0.2, -0.15) is 0 Å². The van der Waals surface area contributed by atoms with Gasteiger partial charge >= 0.3 is 5.97 Å². The Morgan fingerprint density at radius 2 is 2.00 bits per heavy atom. The molecule has 2 aliphatic heterocycles. The summed E-state index contributed by atoms with van der Waals surface area (Å²) in [5.41, 5.74) is -0.788. The van der Waals surface area contributed by atoms with Gasteiger partial charge in [0.25, 0.3) is 23.4 Å². The lowest BCUT2D eigenvalue weighted by Gasteiger charge is -2.33. The van der Waals surface area contributed by atoms with Crippen LogP contribution in [0.4, 0.5) is 5.69 Å². The Bertz CT molecular complexity index is 883. The van der Waals surface area contributed by atoms with Gasteiger partial charge in [-0.3, -0.25) is 34.2 Å². The minimum absolute atomic E-state index is 0.0631. The van der Waals surface area contributed by atoms with E-state index in [1.807, 2.05) is 6.92 Å². The van der Waals surface area contributed by atoms with Crippen molar-refractivity contribution in [2.45, 2.75) is 38.6 Å². The Kier molecular flexibility index (Phi) is 5.90. The van der Waals surface area contributed by atoms with Crippen LogP contribution in [-0.2, 0) is 14.3 Å². The van der Waals surface area contributed by atoms with Crippen LogP contribution in [-0.4, -0.2) is 64.2 Å². The summed E-state index contributed by atoms with van der Waals surface area (Å²) in [7, 11) is 0. The number of benzene rings is 1. The number of ether oxygens (including phenoxy) is 1. The lowest BCUT2D eigenvalue weighted by Crippen LogP contribution is -2.44. The fraction of sp³-hybridized carbons (Fsp3) is 0.474. The number of rotatable bonds is 6. The molecule has 0 aliphatic carbocycles. The molecular formula is C19H21N3O7. The minimum atomic E-state index is -0.816. The van der Waals surface area contributed by atoms with Gasteiger partial charge in [-0.15, -0.1) is 0 Å². The molecule has 0 bridgehead atoms. The average Bonchev–Trinajstić information content (AvgIpc) is 2.95. The number of carbonyl (C=O) groups is 4. The maximum absolute atomic E-state index is 12.4. The van der Waals surface area contributed by atoms with Crippen LogP contribution >= 0.6 is 0 Å². The van der Waals surface area contributed by atoms with Crippen LogP contribution in [0.3, 0.4) is 0 Å². The van der Waals surface area contributed by atoms with Gasteiger partial charge in [0, 0.05) is 25.2 Å². The number of likely N-dealkylation sites (tertiary alicyclic amines) is 1. The molecule has 3 amide bonds. The van der Waals surface area contributed by atoms with Crippen molar-refractivity contribution in [3.63, 3.8) is 0 Å². The highest BCUT2D eigenvalue weighted by atomic mass is 16.6. The van der Waals surface area contributed by atoms with Gasteiger partial charge in [0.15, 0.2) is 6.61 Å². The average molecular weight is 403 g/mol. The van der Waals surface area contributed by atoms with E-state index in [1.54, 1.807) is 4.90 Å². The molecule has 0 spiro atoms. The molecular weight excluding hydrogens is 382 g/mol. The lowest BCUT2D eigenvalue weighted by molar-refractivity contribution is -0.385. The van der Waals surface area contributed by atoms with Crippen molar-refractivity contribution in [3.8, 4) is 0 Å². The summed E-state index contributed by atoms with van der Waals surface area (Å²) in [6.07, 6.45) is 2.58. The molecule has 0 radical (unpaired) electrons. The zero-order valence-corrected chi connectivity index (χ0v) is 16.0. The van der Waals surface area contributed by atoms with Gasteiger partial charge < -0.3 is 9.64 Å². The van der Waals surface area contributed by atoms with Crippen molar-refractivity contribution in [1.29, 1.82) is 0 Å². The molecule has 2 aliphatic rings. The molecule has 1 atom stereocenters. The first-order chi connectivity index (χ1) is 13.8. The molecule has 10 nitrogen and oxygen atoms in total. The highest BCUT2D eigenvalue weighted by Crippen LogP contribution is 2.30. The topological polar surface area (TPSA) is 127 Å². The van der Waals surface area contributed by atoms with Crippen molar-refractivity contribution in [3.05, 3.63) is 39.4 Å². The standard InChI is InChI=1S/C19H21N3O7/c1-12-5-2-3-9-20(12)15(23)11-29-16(24)8-10-21-18(25)13-6-4-7-14(22(27)28)17(13)19(21)26/h4,6-7,12H,2-3,5,8-11H2,1H3/t12-/m1/s1.